The van der Waals surface area contributed by atoms with Crippen LogP contribution < -0.4 is 5.32 Å². The monoisotopic (exact) mass is 356 g/mol. The molecule has 1 unspecified atom stereocenters. The Balaban J connectivity index is 1.89. The number of hydrogen-bond donors (Lipinski definition) is 1. The largest absolute Gasteiger partial charge is 0.453 e. The molecule has 6 nitrogen and oxygen atoms in total. The summed E-state index contributed by atoms with van der Waals surface area (Å²) in [5, 5.41) is 14.3. The highest BCUT2D eigenvalue weighted by Gasteiger charge is 2.38. The van der Waals surface area contributed by atoms with Crippen LogP contribution in [0.2, 0.25) is 0 Å². The van der Waals surface area contributed by atoms with Gasteiger partial charge in [0.2, 0.25) is 0 Å². The molecule has 1 saturated heterocycles. The van der Waals surface area contributed by atoms with Crippen LogP contribution in [-0.2, 0) is 6.18 Å². The van der Waals surface area contributed by atoms with Crippen molar-refractivity contribution in [3.8, 4) is 0 Å². The molecule has 0 aromatic carbocycles. The molecule has 1 fully saturated rings. The first-order valence-corrected chi connectivity index (χ1v) is 8.60. The molecule has 2 aromatic rings. The SMILES string of the molecule is CCN1CCCCC1CNc1nn2c(C(F)(F)F)nnc2c(C)c1C. The second kappa shape index (κ2) is 6.78. The Labute approximate surface area is 144 Å². The van der Waals surface area contributed by atoms with Crippen molar-refractivity contribution in [1.82, 2.24) is 24.7 Å². The van der Waals surface area contributed by atoms with E-state index in [9.17, 15) is 13.2 Å². The fraction of sp³-hybridized carbons (Fsp3) is 0.688. The van der Waals surface area contributed by atoms with Crippen molar-refractivity contribution in [2.45, 2.75) is 52.3 Å². The maximum Gasteiger partial charge on any atom is 0.453 e. The normalized spacial score (nSPS) is 19.5. The fourth-order valence-electron chi connectivity index (χ4n) is 3.40. The van der Waals surface area contributed by atoms with Gasteiger partial charge in [-0.05, 0) is 45.3 Å². The molecule has 0 bridgehead atoms. The van der Waals surface area contributed by atoms with Crippen molar-refractivity contribution in [3.05, 3.63) is 17.0 Å². The van der Waals surface area contributed by atoms with Crippen LogP contribution in [0.3, 0.4) is 0 Å². The zero-order valence-electron chi connectivity index (χ0n) is 14.7. The highest BCUT2D eigenvalue weighted by atomic mass is 19.4. The predicted molar refractivity (Wildman–Crippen MR) is 88.6 cm³/mol. The van der Waals surface area contributed by atoms with Gasteiger partial charge in [0.05, 0.1) is 0 Å². The number of nitrogens with one attached hydrogen (secondary N) is 1. The molecule has 1 atom stereocenters. The number of fused-ring (bicyclic) bond motifs is 1. The third-order valence-corrected chi connectivity index (χ3v) is 5.01. The molecule has 25 heavy (non-hydrogen) atoms. The Morgan fingerprint density at radius 2 is 1.92 bits per heavy atom. The minimum atomic E-state index is -4.59. The van der Waals surface area contributed by atoms with Crippen molar-refractivity contribution in [1.29, 1.82) is 0 Å². The highest BCUT2D eigenvalue weighted by molar-refractivity contribution is 5.58. The Bertz CT molecular complexity index is 754. The number of nitrogens with zero attached hydrogens (tertiary/aromatic N) is 5. The van der Waals surface area contributed by atoms with Gasteiger partial charge < -0.3 is 5.32 Å². The lowest BCUT2D eigenvalue weighted by Crippen LogP contribution is -2.43. The van der Waals surface area contributed by atoms with Crippen LogP contribution in [0.4, 0.5) is 19.0 Å². The number of hydrogen-bond acceptors (Lipinski definition) is 5. The fourth-order valence-corrected chi connectivity index (χ4v) is 3.40. The summed E-state index contributed by atoms with van der Waals surface area (Å²) in [6.45, 7) is 8.41. The number of likely N-dealkylation sites (N-methyl/N-ethyl adjacent to an activating group) is 1. The van der Waals surface area contributed by atoms with E-state index in [1.807, 2.05) is 6.92 Å². The summed E-state index contributed by atoms with van der Waals surface area (Å²) in [6, 6.07) is 0.374. The van der Waals surface area contributed by atoms with E-state index in [2.05, 4.69) is 32.4 Å². The predicted octanol–water partition coefficient (Wildman–Crippen LogP) is 3.05. The first-order chi connectivity index (χ1) is 11.8. The van der Waals surface area contributed by atoms with Gasteiger partial charge in [-0.2, -0.15) is 17.7 Å². The second-order valence-electron chi connectivity index (χ2n) is 6.51. The van der Waals surface area contributed by atoms with Crippen molar-refractivity contribution < 1.29 is 13.2 Å². The zero-order valence-corrected chi connectivity index (χ0v) is 14.7. The van der Waals surface area contributed by atoms with Gasteiger partial charge in [-0.1, -0.05) is 13.3 Å². The Morgan fingerprint density at radius 3 is 2.60 bits per heavy atom. The molecule has 3 rings (SSSR count). The lowest BCUT2D eigenvalue weighted by Gasteiger charge is -2.35. The van der Waals surface area contributed by atoms with Gasteiger partial charge >= 0.3 is 6.18 Å². The first-order valence-electron chi connectivity index (χ1n) is 8.60. The third kappa shape index (κ3) is 3.42. The highest BCUT2D eigenvalue weighted by Crippen LogP contribution is 2.29. The molecule has 0 saturated carbocycles. The van der Waals surface area contributed by atoms with E-state index in [1.54, 1.807) is 6.92 Å². The quantitative estimate of drug-likeness (QED) is 0.912. The van der Waals surface area contributed by atoms with Crippen LogP contribution >= 0.6 is 0 Å². The molecule has 138 valence electrons. The van der Waals surface area contributed by atoms with E-state index < -0.39 is 12.0 Å². The number of rotatable bonds is 4. The van der Waals surface area contributed by atoms with Crippen molar-refractivity contribution >= 4 is 11.5 Å². The maximum atomic E-state index is 13.1. The number of aromatic nitrogens is 4. The standard InChI is InChI=1S/C16H23F3N6/c1-4-24-8-6-5-7-12(24)9-20-13-10(2)11(3)14-21-22-15(16(17,18)19)25(14)23-13/h12H,4-9H2,1-3H3,(H,20,23). The van der Waals surface area contributed by atoms with Gasteiger partial charge in [-0.15, -0.1) is 15.3 Å². The number of halogens is 3. The molecule has 1 aliphatic rings. The van der Waals surface area contributed by atoms with Gasteiger partial charge in [0.15, 0.2) is 5.65 Å². The van der Waals surface area contributed by atoms with E-state index in [-0.39, 0.29) is 5.65 Å². The van der Waals surface area contributed by atoms with Crippen LogP contribution in [-0.4, -0.2) is 50.4 Å². The minimum absolute atomic E-state index is 0.142. The number of aryl methyl sites for hydroxylation is 1. The molecule has 3 heterocycles. The molecule has 0 radical (unpaired) electrons. The van der Waals surface area contributed by atoms with E-state index in [1.165, 1.54) is 12.8 Å². The van der Waals surface area contributed by atoms with Crippen LogP contribution in [0.25, 0.3) is 5.65 Å². The van der Waals surface area contributed by atoms with Gasteiger partial charge in [0.25, 0.3) is 5.82 Å². The lowest BCUT2D eigenvalue weighted by molar-refractivity contribution is -0.146. The van der Waals surface area contributed by atoms with Crippen molar-refractivity contribution in [2.75, 3.05) is 25.0 Å². The summed E-state index contributed by atoms with van der Waals surface area (Å²) in [7, 11) is 0. The maximum absolute atomic E-state index is 13.1. The molecule has 0 spiro atoms. The van der Waals surface area contributed by atoms with E-state index >= 15 is 0 Å². The van der Waals surface area contributed by atoms with Gasteiger partial charge in [-0.25, -0.2) is 0 Å². The van der Waals surface area contributed by atoms with Gasteiger partial charge in [0, 0.05) is 18.2 Å². The lowest BCUT2D eigenvalue weighted by atomic mass is 10.0. The van der Waals surface area contributed by atoms with Crippen LogP contribution in [0.5, 0.6) is 0 Å². The van der Waals surface area contributed by atoms with Crippen molar-refractivity contribution in [2.24, 2.45) is 0 Å². The zero-order chi connectivity index (χ0) is 18.2. The molecular formula is C16H23F3N6. The molecule has 1 aliphatic heterocycles. The average Bonchev–Trinajstić information content (AvgIpc) is 3.01. The smallest absolute Gasteiger partial charge is 0.367 e. The number of alkyl halides is 3. The minimum Gasteiger partial charge on any atom is -0.367 e. The molecule has 2 aromatic heterocycles. The van der Waals surface area contributed by atoms with Crippen LogP contribution in [0, 0.1) is 13.8 Å². The van der Waals surface area contributed by atoms with E-state index in [4.69, 9.17) is 0 Å². The molecular weight excluding hydrogens is 333 g/mol. The molecule has 1 N–H and O–H groups in total. The van der Waals surface area contributed by atoms with Gasteiger partial charge in [-0.3, -0.25) is 4.90 Å². The van der Waals surface area contributed by atoms with Crippen LogP contribution in [0.1, 0.15) is 43.1 Å². The Hall–Kier alpha value is -1.90. The summed E-state index contributed by atoms with van der Waals surface area (Å²) >= 11 is 0. The second-order valence-corrected chi connectivity index (χ2v) is 6.51. The Morgan fingerprint density at radius 1 is 1.16 bits per heavy atom. The number of likely N-dealkylation sites (tertiary alicyclic amines) is 1. The summed E-state index contributed by atoms with van der Waals surface area (Å²) in [6.07, 6.45) is -1.13. The molecule has 9 heteroatoms. The van der Waals surface area contributed by atoms with Crippen molar-refractivity contribution in [3.63, 3.8) is 0 Å². The molecule has 0 aliphatic carbocycles. The third-order valence-electron chi connectivity index (χ3n) is 5.01. The summed E-state index contributed by atoms with van der Waals surface area (Å²) < 4.78 is 40.1. The topological polar surface area (TPSA) is 58.4 Å². The summed E-state index contributed by atoms with van der Waals surface area (Å²) in [5.41, 5.74) is 1.59. The van der Waals surface area contributed by atoms with Crippen LogP contribution in [0.15, 0.2) is 0 Å². The van der Waals surface area contributed by atoms with Gasteiger partial charge in [0.1, 0.15) is 5.82 Å². The number of anilines is 1. The summed E-state index contributed by atoms with van der Waals surface area (Å²) in [4.78, 5) is 2.40. The Kier molecular flexibility index (Phi) is 4.86. The van der Waals surface area contributed by atoms with E-state index in [0.717, 1.165) is 29.6 Å². The molecule has 0 amide bonds. The van der Waals surface area contributed by atoms with E-state index in [0.29, 0.717) is 24.0 Å². The number of piperidine rings is 1. The first kappa shape index (κ1) is 17.9. The summed E-state index contributed by atoms with van der Waals surface area (Å²) in [5.74, 6) is -0.640. The average molecular weight is 356 g/mol.